The topological polar surface area (TPSA) is 71.2 Å². The Morgan fingerprint density at radius 3 is 2.50 bits per heavy atom. The number of rotatable bonds is 5. The largest absolute Gasteiger partial charge is 0.399 e. The summed E-state index contributed by atoms with van der Waals surface area (Å²) in [4.78, 5) is 21.0. The lowest BCUT2D eigenvalue weighted by Gasteiger charge is -2.16. The Kier molecular flexibility index (Phi) is 8.15. The van der Waals surface area contributed by atoms with Crippen LogP contribution in [0.15, 0.2) is 24.3 Å². The molecule has 0 aliphatic carbocycles. The van der Waals surface area contributed by atoms with Crippen molar-refractivity contribution in [1.29, 1.82) is 0 Å². The van der Waals surface area contributed by atoms with E-state index in [9.17, 15) is 4.79 Å². The summed E-state index contributed by atoms with van der Waals surface area (Å²) in [5.41, 5.74) is 8.16. The molecule has 2 heterocycles. The Morgan fingerprint density at radius 2 is 1.88 bits per heavy atom. The molecule has 0 aliphatic heterocycles. The molecule has 0 fully saturated rings. The number of fused-ring (bicyclic) bond motifs is 1. The summed E-state index contributed by atoms with van der Waals surface area (Å²) >= 11 is 3.05. The molecule has 1 aromatic carbocycles. The van der Waals surface area contributed by atoms with E-state index in [1.807, 2.05) is 25.1 Å². The fourth-order valence-corrected chi connectivity index (χ4v) is 4.66. The average Bonchev–Trinajstić information content (AvgIpc) is 3.11. The van der Waals surface area contributed by atoms with E-state index in [4.69, 9.17) is 5.73 Å². The minimum Gasteiger partial charge on any atom is -0.399 e. The first-order chi connectivity index (χ1) is 11.5. The Morgan fingerprint density at radius 1 is 1.19 bits per heavy atom. The van der Waals surface area contributed by atoms with E-state index in [1.54, 1.807) is 17.4 Å². The van der Waals surface area contributed by atoms with Crippen LogP contribution in [0, 0.1) is 6.92 Å². The number of thiophene rings is 1. The number of hydrogen-bond donors (Lipinski definition) is 2. The van der Waals surface area contributed by atoms with Crippen LogP contribution in [0.25, 0.3) is 9.53 Å². The maximum atomic E-state index is 12.5. The van der Waals surface area contributed by atoms with Crippen LogP contribution in [-0.4, -0.2) is 24.0 Å². The summed E-state index contributed by atoms with van der Waals surface area (Å²) in [5, 5.41) is 3.95. The van der Waals surface area contributed by atoms with Crippen molar-refractivity contribution in [1.82, 2.24) is 4.98 Å². The summed E-state index contributed by atoms with van der Waals surface area (Å²) < 4.78 is 1.05. The summed E-state index contributed by atoms with van der Waals surface area (Å²) in [6.07, 6.45) is 0. The van der Waals surface area contributed by atoms with Gasteiger partial charge in [0.05, 0.1) is 9.58 Å². The molecule has 26 heavy (non-hydrogen) atoms. The number of nitrogen functional groups attached to an aromatic ring is 1. The van der Waals surface area contributed by atoms with Gasteiger partial charge >= 0.3 is 0 Å². The van der Waals surface area contributed by atoms with Crippen molar-refractivity contribution >= 4 is 79.4 Å². The molecule has 3 aromatic rings. The number of nitrogens with two attached hydrogens (primary N) is 1. The van der Waals surface area contributed by atoms with Gasteiger partial charge in [0.1, 0.15) is 4.83 Å². The molecular formula is C17H22Cl2N4OS2. The maximum Gasteiger partial charge on any atom is 0.265 e. The first kappa shape index (κ1) is 22.5. The molecular weight excluding hydrogens is 411 g/mol. The highest BCUT2D eigenvalue weighted by Crippen LogP contribution is 2.35. The van der Waals surface area contributed by atoms with Crippen LogP contribution in [0.2, 0.25) is 0 Å². The number of thiazole rings is 1. The lowest BCUT2D eigenvalue weighted by Crippen LogP contribution is -2.21. The van der Waals surface area contributed by atoms with Gasteiger partial charge in [-0.1, -0.05) is 17.4 Å². The van der Waals surface area contributed by atoms with E-state index < -0.39 is 0 Å². The van der Waals surface area contributed by atoms with E-state index in [0.29, 0.717) is 10.6 Å². The van der Waals surface area contributed by atoms with Crippen molar-refractivity contribution in [3.63, 3.8) is 0 Å². The zero-order chi connectivity index (χ0) is 17.3. The summed E-state index contributed by atoms with van der Waals surface area (Å²) in [7, 11) is 0. The van der Waals surface area contributed by atoms with Gasteiger partial charge in [-0.3, -0.25) is 4.79 Å². The minimum absolute atomic E-state index is 0. The highest BCUT2D eigenvalue weighted by atomic mass is 35.5. The summed E-state index contributed by atoms with van der Waals surface area (Å²) in [6.45, 7) is 8.04. The second kappa shape index (κ2) is 9.41. The molecule has 142 valence electrons. The van der Waals surface area contributed by atoms with Gasteiger partial charge in [0.2, 0.25) is 0 Å². The van der Waals surface area contributed by atoms with Crippen LogP contribution in [0.3, 0.4) is 0 Å². The number of hydrogen-bond acceptors (Lipinski definition) is 6. The molecule has 0 saturated carbocycles. The number of amides is 1. The number of anilines is 3. The number of halogens is 2. The monoisotopic (exact) mass is 432 g/mol. The molecule has 3 rings (SSSR count). The second-order valence-corrected chi connectivity index (χ2v) is 7.52. The number of carbonyl (C=O) groups is 1. The fourth-order valence-electron chi connectivity index (χ4n) is 2.42. The molecule has 0 bridgehead atoms. The van der Waals surface area contributed by atoms with Gasteiger partial charge in [0, 0.05) is 24.5 Å². The number of nitrogens with zero attached hydrogens (tertiary/aromatic N) is 2. The van der Waals surface area contributed by atoms with Crippen molar-refractivity contribution in [3.8, 4) is 0 Å². The molecule has 1 amide bonds. The van der Waals surface area contributed by atoms with Gasteiger partial charge in [-0.15, -0.1) is 36.2 Å². The van der Waals surface area contributed by atoms with Gasteiger partial charge in [0.15, 0.2) is 5.13 Å². The van der Waals surface area contributed by atoms with Crippen LogP contribution in [-0.2, 0) is 0 Å². The molecule has 0 spiro atoms. The number of benzene rings is 1. The third-order valence-electron chi connectivity index (χ3n) is 3.85. The zero-order valence-electron chi connectivity index (χ0n) is 14.7. The standard InChI is InChI=1S/C17H20N4OS2.2ClH/c1-4-21(5-2)17-20-16-14(24-17)9-13(23-16)15(22)19-12-8-11(18)7-6-10(12)3;;/h6-9H,4-5,18H2,1-3H3,(H,19,22);2*1H. The number of aromatic nitrogens is 1. The molecule has 0 saturated heterocycles. The number of carbonyl (C=O) groups excluding carboxylic acids is 1. The molecule has 0 aliphatic rings. The predicted molar refractivity (Wildman–Crippen MR) is 119 cm³/mol. The molecule has 3 N–H and O–H groups in total. The third kappa shape index (κ3) is 4.59. The highest BCUT2D eigenvalue weighted by molar-refractivity contribution is 7.29. The molecule has 2 aromatic heterocycles. The quantitative estimate of drug-likeness (QED) is 0.543. The normalized spacial score (nSPS) is 10.1. The zero-order valence-corrected chi connectivity index (χ0v) is 18.0. The summed E-state index contributed by atoms with van der Waals surface area (Å²) in [5.74, 6) is -0.122. The van der Waals surface area contributed by atoms with Crippen LogP contribution < -0.4 is 16.0 Å². The van der Waals surface area contributed by atoms with Crippen molar-refractivity contribution in [3.05, 3.63) is 34.7 Å². The first-order valence-electron chi connectivity index (χ1n) is 7.84. The second-order valence-electron chi connectivity index (χ2n) is 5.48. The molecule has 5 nitrogen and oxygen atoms in total. The van der Waals surface area contributed by atoms with E-state index in [-0.39, 0.29) is 30.7 Å². The van der Waals surface area contributed by atoms with Gasteiger partial charge in [-0.25, -0.2) is 4.98 Å². The van der Waals surface area contributed by atoms with Crippen molar-refractivity contribution < 1.29 is 4.79 Å². The van der Waals surface area contributed by atoms with Crippen molar-refractivity contribution in [2.75, 3.05) is 29.0 Å². The highest BCUT2D eigenvalue weighted by Gasteiger charge is 2.16. The third-order valence-corrected chi connectivity index (χ3v) is 6.07. The first-order valence-corrected chi connectivity index (χ1v) is 9.48. The van der Waals surface area contributed by atoms with Crippen molar-refractivity contribution in [2.24, 2.45) is 0 Å². The average molecular weight is 433 g/mol. The number of aryl methyl sites for hydroxylation is 1. The smallest absolute Gasteiger partial charge is 0.265 e. The van der Waals surface area contributed by atoms with Crippen molar-refractivity contribution in [2.45, 2.75) is 20.8 Å². The van der Waals surface area contributed by atoms with Crippen LogP contribution >= 0.6 is 47.5 Å². The fraction of sp³-hybridized carbons (Fsp3) is 0.294. The predicted octanol–water partition coefficient (Wildman–Crippen LogP) is 5.19. The molecule has 0 atom stereocenters. The molecule has 0 radical (unpaired) electrons. The van der Waals surface area contributed by atoms with Gasteiger partial charge in [-0.2, -0.15) is 0 Å². The Hall–Kier alpha value is -1.54. The number of nitrogens with one attached hydrogen (secondary N) is 1. The van der Waals surface area contributed by atoms with Crippen LogP contribution in [0.5, 0.6) is 0 Å². The van der Waals surface area contributed by atoms with E-state index in [1.165, 1.54) is 11.3 Å². The lowest BCUT2D eigenvalue weighted by atomic mass is 10.2. The minimum atomic E-state index is -0.122. The van der Waals surface area contributed by atoms with E-state index in [0.717, 1.165) is 39.0 Å². The SMILES string of the molecule is CCN(CC)c1nc2sc(C(=O)Nc3cc(N)ccc3C)cc2s1.Cl.Cl. The Balaban J connectivity index is 0.00000169. The Labute approximate surface area is 173 Å². The Bertz CT molecular complexity index is 859. The van der Waals surface area contributed by atoms with Crippen LogP contribution in [0.4, 0.5) is 16.5 Å². The van der Waals surface area contributed by atoms with Crippen LogP contribution in [0.1, 0.15) is 29.1 Å². The van der Waals surface area contributed by atoms with E-state index in [2.05, 4.69) is 29.0 Å². The maximum absolute atomic E-state index is 12.5. The van der Waals surface area contributed by atoms with Gasteiger partial charge < -0.3 is 16.0 Å². The summed E-state index contributed by atoms with van der Waals surface area (Å²) in [6, 6.07) is 7.42. The molecule has 9 heteroatoms. The van der Waals surface area contributed by atoms with Gasteiger partial charge in [0.25, 0.3) is 5.91 Å². The lowest BCUT2D eigenvalue weighted by molar-refractivity contribution is 0.103. The van der Waals surface area contributed by atoms with E-state index >= 15 is 0 Å². The molecule has 0 unspecified atom stereocenters. The van der Waals surface area contributed by atoms with Gasteiger partial charge in [-0.05, 0) is 44.5 Å².